The predicted octanol–water partition coefficient (Wildman–Crippen LogP) is 4.17. The molecule has 1 aromatic carbocycles. The molecular weight excluding hydrogens is 272 g/mol. The van der Waals surface area contributed by atoms with Gasteiger partial charge in [0, 0.05) is 22.7 Å². The Morgan fingerprint density at radius 2 is 2.05 bits per heavy atom. The molecule has 1 heterocycles. The van der Waals surface area contributed by atoms with Crippen molar-refractivity contribution in [1.29, 1.82) is 0 Å². The highest BCUT2D eigenvalue weighted by atomic mass is 32.2. The van der Waals surface area contributed by atoms with Crippen molar-refractivity contribution in [2.24, 2.45) is 0 Å². The number of hydrogen-bond acceptors (Lipinski definition) is 4. The summed E-state index contributed by atoms with van der Waals surface area (Å²) in [5.41, 5.74) is 0.215. The smallest absolute Gasteiger partial charge is 0.264 e. The topological polar surface area (TPSA) is 56.0 Å². The summed E-state index contributed by atoms with van der Waals surface area (Å²) < 4.78 is 0. The van der Waals surface area contributed by atoms with E-state index in [1.54, 1.807) is 18.5 Å². The molecule has 2 aromatic rings. The summed E-state index contributed by atoms with van der Waals surface area (Å²) in [5, 5.41) is 13.2. The maximum Gasteiger partial charge on any atom is 0.278 e. The van der Waals surface area contributed by atoms with Crippen LogP contribution < -0.4 is 0 Å². The molecule has 0 bridgehead atoms. The van der Waals surface area contributed by atoms with Crippen LogP contribution in [0.2, 0.25) is 0 Å². The SMILES string of the molecule is O=[N+]([O-])C1=CCCC=C1Sc1cccc2cnccc12. The molecule has 5 heteroatoms. The van der Waals surface area contributed by atoms with Crippen molar-refractivity contribution in [1.82, 2.24) is 4.98 Å². The van der Waals surface area contributed by atoms with Gasteiger partial charge in [0.1, 0.15) is 0 Å². The summed E-state index contributed by atoms with van der Waals surface area (Å²) in [6, 6.07) is 7.87. The van der Waals surface area contributed by atoms with Crippen LogP contribution in [0.15, 0.2) is 64.3 Å². The van der Waals surface area contributed by atoms with Gasteiger partial charge in [0.05, 0.1) is 9.83 Å². The van der Waals surface area contributed by atoms with Gasteiger partial charge in [0.25, 0.3) is 5.70 Å². The second-order valence-corrected chi connectivity index (χ2v) is 5.53. The molecule has 0 N–H and O–H groups in total. The fourth-order valence-corrected chi connectivity index (χ4v) is 3.34. The largest absolute Gasteiger partial charge is 0.278 e. The number of aromatic nitrogens is 1. The van der Waals surface area contributed by atoms with Gasteiger partial charge in [-0.15, -0.1) is 0 Å². The molecule has 1 aromatic heterocycles. The first-order valence-electron chi connectivity index (χ1n) is 6.31. The summed E-state index contributed by atoms with van der Waals surface area (Å²) in [6.07, 6.45) is 8.79. The molecule has 0 saturated carbocycles. The Kier molecular flexibility index (Phi) is 3.52. The van der Waals surface area contributed by atoms with Gasteiger partial charge in [0.2, 0.25) is 0 Å². The minimum atomic E-state index is -0.301. The number of pyridine rings is 1. The molecule has 0 atom stereocenters. The monoisotopic (exact) mass is 284 g/mol. The van der Waals surface area contributed by atoms with Crippen LogP contribution in [0.3, 0.4) is 0 Å². The molecule has 4 nitrogen and oxygen atoms in total. The predicted molar refractivity (Wildman–Crippen MR) is 80.0 cm³/mol. The number of thioether (sulfide) groups is 1. The summed E-state index contributed by atoms with van der Waals surface area (Å²) in [7, 11) is 0. The number of fused-ring (bicyclic) bond motifs is 1. The van der Waals surface area contributed by atoms with Crippen molar-refractivity contribution < 1.29 is 4.92 Å². The molecule has 0 amide bonds. The molecule has 1 aliphatic carbocycles. The molecule has 0 fully saturated rings. The molecule has 0 unspecified atom stereocenters. The Balaban J connectivity index is 1.99. The summed E-state index contributed by atoms with van der Waals surface area (Å²) in [5.74, 6) is 0. The van der Waals surface area contributed by atoms with Crippen LogP contribution in [-0.4, -0.2) is 9.91 Å². The molecule has 1 aliphatic rings. The van der Waals surface area contributed by atoms with Crippen molar-refractivity contribution >= 4 is 22.5 Å². The lowest BCUT2D eigenvalue weighted by molar-refractivity contribution is -0.420. The molecule has 0 radical (unpaired) electrons. The van der Waals surface area contributed by atoms with Crippen molar-refractivity contribution in [2.75, 3.05) is 0 Å². The third kappa shape index (κ3) is 2.44. The summed E-state index contributed by atoms with van der Waals surface area (Å²) in [6.45, 7) is 0. The van der Waals surface area contributed by atoms with Gasteiger partial charge in [-0.2, -0.15) is 0 Å². The third-order valence-corrected chi connectivity index (χ3v) is 4.32. The molecule has 0 spiro atoms. The lowest BCUT2D eigenvalue weighted by atomic mass is 10.1. The number of nitro groups is 1. The average molecular weight is 284 g/mol. The van der Waals surface area contributed by atoms with E-state index in [0.717, 1.165) is 33.4 Å². The normalized spacial score (nSPS) is 14.8. The van der Waals surface area contributed by atoms with Crippen molar-refractivity contribution in [3.05, 3.63) is 69.5 Å². The van der Waals surface area contributed by atoms with E-state index in [0.29, 0.717) is 0 Å². The van der Waals surface area contributed by atoms with E-state index in [4.69, 9.17) is 0 Å². The van der Waals surface area contributed by atoms with Crippen LogP contribution in [0.1, 0.15) is 12.8 Å². The second kappa shape index (κ2) is 5.46. The molecular formula is C15H12N2O2S. The second-order valence-electron chi connectivity index (χ2n) is 4.45. The Labute approximate surface area is 120 Å². The van der Waals surface area contributed by atoms with E-state index >= 15 is 0 Å². The van der Waals surface area contributed by atoms with Gasteiger partial charge in [0.15, 0.2) is 0 Å². The fourth-order valence-electron chi connectivity index (χ4n) is 2.20. The standard InChI is InChI=1S/C15H12N2O2S/c18-17(19)13-5-1-2-6-15(13)20-14-7-3-4-11-10-16-9-8-12(11)14/h3-10H,1-2H2. The highest BCUT2D eigenvalue weighted by molar-refractivity contribution is 8.03. The Morgan fingerprint density at radius 3 is 2.90 bits per heavy atom. The highest BCUT2D eigenvalue weighted by Gasteiger charge is 2.21. The van der Waals surface area contributed by atoms with Gasteiger partial charge >= 0.3 is 0 Å². The number of nitrogens with zero attached hydrogens (tertiary/aromatic N) is 2. The average Bonchev–Trinajstić information content (AvgIpc) is 2.48. The molecule has 0 saturated heterocycles. The first kappa shape index (κ1) is 12.9. The van der Waals surface area contributed by atoms with E-state index in [-0.39, 0.29) is 10.6 Å². The first-order valence-corrected chi connectivity index (χ1v) is 7.13. The van der Waals surface area contributed by atoms with Crippen LogP contribution in [0.25, 0.3) is 10.8 Å². The molecule has 20 heavy (non-hydrogen) atoms. The van der Waals surface area contributed by atoms with E-state index in [2.05, 4.69) is 4.98 Å². The zero-order chi connectivity index (χ0) is 13.9. The van der Waals surface area contributed by atoms with Crippen molar-refractivity contribution in [2.45, 2.75) is 17.7 Å². The zero-order valence-electron chi connectivity index (χ0n) is 10.7. The number of benzene rings is 1. The molecule has 3 rings (SSSR count). The van der Waals surface area contributed by atoms with Crippen LogP contribution in [0, 0.1) is 10.1 Å². The zero-order valence-corrected chi connectivity index (χ0v) is 11.5. The van der Waals surface area contributed by atoms with Gasteiger partial charge in [-0.3, -0.25) is 15.1 Å². The summed E-state index contributed by atoms with van der Waals surface area (Å²) >= 11 is 1.45. The van der Waals surface area contributed by atoms with E-state index < -0.39 is 0 Å². The Hall–Kier alpha value is -2.14. The van der Waals surface area contributed by atoms with E-state index in [1.165, 1.54) is 11.8 Å². The Bertz CT molecular complexity index is 732. The minimum Gasteiger partial charge on any atom is -0.264 e. The Morgan fingerprint density at radius 1 is 1.20 bits per heavy atom. The van der Waals surface area contributed by atoms with Crippen molar-refractivity contribution in [3.8, 4) is 0 Å². The number of hydrogen-bond donors (Lipinski definition) is 0. The van der Waals surface area contributed by atoms with Crippen LogP contribution in [0.5, 0.6) is 0 Å². The van der Waals surface area contributed by atoms with Crippen molar-refractivity contribution in [3.63, 3.8) is 0 Å². The van der Waals surface area contributed by atoms with E-state index in [9.17, 15) is 10.1 Å². The quantitative estimate of drug-likeness (QED) is 0.627. The lowest BCUT2D eigenvalue weighted by Gasteiger charge is -2.10. The molecule has 0 aliphatic heterocycles. The van der Waals surface area contributed by atoms with Crippen LogP contribution >= 0.6 is 11.8 Å². The number of rotatable bonds is 3. The first-order chi connectivity index (χ1) is 9.75. The van der Waals surface area contributed by atoms with E-state index in [1.807, 2.05) is 30.3 Å². The fraction of sp³-hybridized carbons (Fsp3) is 0.133. The van der Waals surface area contributed by atoms with Crippen LogP contribution in [-0.2, 0) is 0 Å². The van der Waals surface area contributed by atoms with Gasteiger partial charge in [-0.25, -0.2) is 0 Å². The van der Waals surface area contributed by atoms with Gasteiger partial charge in [-0.1, -0.05) is 30.0 Å². The maximum atomic E-state index is 11.1. The maximum absolute atomic E-state index is 11.1. The van der Waals surface area contributed by atoms with Gasteiger partial charge < -0.3 is 0 Å². The summed E-state index contributed by atoms with van der Waals surface area (Å²) in [4.78, 5) is 16.6. The van der Waals surface area contributed by atoms with Crippen LogP contribution in [0.4, 0.5) is 0 Å². The number of allylic oxidation sites excluding steroid dienone is 2. The highest BCUT2D eigenvalue weighted by Crippen LogP contribution is 2.38. The lowest BCUT2D eigenvalue weighted by Crippen LogP contribution is -2.03. The minimum absolute atomic E-state index is 0.215. The van der Waals surface area contributed by atoms with Gasteiger partial charge in [-0.05, 0) is 36.4 Å². The third-order valence-electron chi connectivity index (χ3n) is 3.14. The molecule has 100 valence electrons.